The minimum Gasteiger partial charge on any atom is -0.481 e. The summed E-state index contributed by atoms with van der Waals surface area (Å²) in [6.45, 7) is 1.24. The van der Waals surface area contributed by atoms with Gasteiger partial charge in [0.2, 0.25) is 0 Å². The molecule has 1 aromatic rings. The Morgan fingerprint density at radius 3 is 2.58 bits per heavy atom. The Hall–Kier alpha value is -2.26. The smallest absolute Gasteiger partial charge is 0.337 e. The molecule has 0 aliphatic heterocycles. The van der Waals surface area contributed by atoms with Crippen molar-refractivity contribution < 1.29 is 25.0 Å². The van der Waals surface area contributed by atoms with Crippen molar-refractivity contribution in [1.29, 1.82) is 0 Å². The Balaban J connectivity index is 3.21. The van der Waals surface area contributed by atoms with Gasteiger partial charge in [-0.3, -0.25) is 19.7 Å². The van der Waals surface area contributed by atoms with Gasteiger partial charge in [0.1, 0.15) is 6.10 Å². The quantitative estimate of drug-likeness (QED) is 0.414. The highest BCUT2D eigenvalue weighted by atomic mass is 16.6. The molecule has 0 saturated carbocycles. The number of carbonyl (C=O) groups is 1. The van der Waals surface area contributed by atoms with E-state index in [-0.39, 0.29) is 11.1 Å². The van der Waals surface area contributed by atoms with Crippen LogP contribution < -0.4 is 5.56 Å². The summed E-state index contributed by atoms with van der Waals surface area (Å²) >= 11 is 0. The van der Waals surface area contributed by atoms with E-state index in [1.165, 1.54) is 6.92 Å². The van der Waals surface area contributed by atoms with Crippen LogP contribution in [0, 0.1) is 17.0 Å². The molecule has 0 saturated heterocycles. The van der Waals surface area contributed by atoms with Gasteiger partial charge in [-0.05, 0) is 6.92 Å². The number of carboxylic acid groups (broad SMARTS) is 1. The van der Waals surface area contributed by atoms with E-state index in [1.807, 2.05) is 0 Å². The molecule has 0 aliphatic rings. The second kappa shape index (κ2) is 5.59. The van der Waals surface area contributed by atoms with Crippen LogP contribution in [0.2, 0.25) is 0 Å². The van der Waals surface area contributed by atoms with Crippen LogP contribution in [0.1, 0.15) is 23.7 Å². The highest BCUT2D eigenvalue weighted by molar-refractivity contribution is 5.67. The van der Waals surface area contributed by atoms with E-state index < -0.39 is 40.8 Å². The third-order valence-corrected chi connectivity index (χ3v) is 2.61. The summed E-state index contributed by atoms with van der Waals surface area (Å²) in [5.41, 5.74) is -1.91. The summed E-state index contributed by atoms with van der Waals surface area (Å²) in [4.78, 5) is 33.6. The number of carboxylic acids is 1. The van der Waals surface area contributed by atoms with Crippen molar-refractivity contribution in [3.8, 4) is 0 Å². The fourth-order valence-corrected chi connectivity index (χ4v) is 1.65. The second-order valence-corrected chi connectivity index (χ2v) is 3.91. The van der Waals surface area contributed by atoms with E-state index in [0.717, 1.165) is 6.20 Å². The molecule has 9 heteroatoms. The number of aliphatic hydroxyl groups excluding tert-OH is 2. The molecule has 104 valence electrons. The van der Waals surface area contributed by atoms with Crippen LogP contribution in [0.3, 0.4) is 0 Å². The monoisotopic (exact) mass is 272 g/mol. The lowest BCUT2D eigenvalue weighted by atomic mass is 9.99. The fraction of sp³-hybridized carbons (Fsp3) is 0.400. The van der Waals surface area contributed by atoms with Crippen molar-refractivity contribution in [2.24, 2.45) is 0 Å². The number of rotatable bonds is 5. The second-order valence-electron chi connectivity index (χ2n) is 3.91. The highest BCUT2D eigenvalue weighted by Crippen LogP contribution is 2.25. The number of hydrogen-bond donors (Lipinski definition) is 4. The first kappa shape index (κ1) is 14.8. The van der Waals surface area contributed by atoms with Crippen molar-refractivity contribution in [1.82, 2.24) is 4.98 Å². The number of H-pyrrole nitrogens is 1. The van der Waals surface area contributed by atoms with E-state index in [4.69, 9.17) is 5.11 Å². The van der Waals surface area contributed by atoms with Gasteiger partial charge in [-0.2, -0.15) is 0 Å². The van der Waals surface area contributed by atoms with E-state index in [9.17, 15) is 29.9 Å². The zero-order valence-electron chi connectivity index (χ0n) is 9.86. The topological polar surface area (TPSA) is 154 Å². The summed E-state index contributed by atoms with van der Waals surface area (Å²) < 4.78 is 0. The van der Waals surface area contributed by atoms with Crippen molar-refractivity contribution in [2.75, 3.05) is 0 Å². The third-order valence-electron chi connectivity index (χ3n) is 2.61. The number of nitrogens with one attached hydrogen (secondary N) is 1. The summed E-state index contributed by atoms with van der Waals surface area (Å²) in [7, 11) is 0. The lowest BCUT2D eigenvalue weighted by Gasteiger charge is -2.17. The van der Waals surface area contributed by atoms with Gasteiger partial charge in [-0.1, -0.05) is 0 Å². The van der Waals surface area contributed by atoms with Crippen LogP contribution in [0.5, 0.6) is 0 Å². The molecule has 9 nitrogen and oxygen atoms in total. The number of aromatic amines is 1. The first-order valence-electron chi connectivity index (χ1n) is 5.20. The number of nitro groups is 1. The molecular weight excluding hydrogens is 260 g/mol. The summed E-state index contributed by atoms with van der Waals surface area (Å²) in [5, 5.41) is 38.4. The maximum atomic E-state index is 11.3. The van der Waals surface area contributed by atoms with Crippen LogP contribution in [0.4, 0.5) is 5.69 Å². The van der Waals surface area contributed by atoms with Gasteiger partial charge in [0, 0.05) is 17.3 Å². The lowest BCUT2D eigenvalue weighted by molar-refractivity contribution is -0.387. The van der Waals surface area contributed by atoms with E-state index in [2.05, 4.69) is 4.98 Å². The molecule has 0 aromatic carbocycles. The average molecular weight is 272 g/mol. The first-order valence-corrected chi connectivity index (χ1v) is 5.20. The van der Waals surface area contributed by atoms with Gasteiger partial charge in [-0.15, -0.1) is 0 Å². The predicted octanol–water partition coefficient (Wildman–Crippen LogP) is -0.539. The standard InChI is InChI=1S/C10H12N2O7/c1-4-5(9(16)6(13)2-7(14)15)3-11-10(17)8(4)12(18)19/h3,6,9,13,16H,2H2,1H3,(H,11,17)(H,14,15). The van der Waals surface area contributed by atoms with Crippen molar-refractivity contribution >= 4 is 11.7 Å². The number of hydrogen-bond acceptors (Lipinski definition) is 6. The van der Waals surface area contributed by atoms with Gasteiger partial charge in [0.15, 0.2) is 0 Å². The Bertz CT molecular complexity index is 565. The maximum Gasteiger partial charge on any atom is 0.337 e. The number of aliphatic hydroxyl groups is 2. The predicted molar refractivity (Wildman–Crippen MR) is 61.7 cm³/mol. The van der Waals surface area contributed by atoms with E-state index in [1.54, 1.807) is 0 Å². The highest BCUT2D eigenvalue weighted by Gasteiger charge is 2.27. The normalized spacial score (nSPS) is 13.8. The summed E-state index contributed by atoms with van der Waals surface area (Å²) in [6.07, 6.45) is -3.00. The molecule has 4 N–H and O–H groups in total. The largest absolute Gasteiger partial charge is 0.481 e. The van der Waals surface area contributed by atoms with Crippen LogP contribution in [-0.4, -0.2) is 37.3 Å². The SMILES string of the molecule is Cc1c(C(O)C(O)CC(=O)O)c[nH]c(=O)c1[N+](=O)[O-]. The fourth-order valence-electron chi connectivity index (χ4n) is 1.65. The van der Waals surface area contributed by atoms with Crippen LogP contribution in [0.25, 0.3) is 0 Å². The van der Waals surface area contributed by atoms with E-state index >= 15 is 0 Å². The summed E-state index contributed by atoms with van der Waals surface area (Å²) in [6, 6.07) is 0. The van der Waals surface area contributed by atoms with Gasteiger partial charge in [-0.25, -0.2) is 0 Å². The van der Waals surface area contributed by atoms with Crippen LogP contribution in [0.15, 0.2) is 11.0 Å². The number of aromatic nitrogens is 1. The number of nitrogens with zero attached hydrogens (tertiary/aromatic N) is 1. The molecule has 0 radical (unpaired) electrons. The molecule has 19 heavy (non-hydrogen) atoms. The Morgan fingerprint density at radius 2 is 2.11 bits per heavy atom. The average Bonchev–Trinajstić information content (AvgIpc) is 2.26. The van der Waals surface area contributed by atoms with Crippen molar-refractivity contribution in [3.05, 3.63) is 37.8 Å². The summed E-state index contributed by atoms with van der Waals surface area (Å²) in [5.74, 6) is -1.33. The molecule has 0 bridgehead atoms. The zero-order chi connectivity index (χ0) is 14.7. The Kier molecular flexibility index (Phi) is 4.35. The Morgan fingerprint density at radius 1 is 1.53 bits per heavy atom. The molecule has 2 unspecified atom stereocenters. The minimum absolute atomic E-state index is 0.0972. The van der Waals surface area contributed by atoms with Gasteiger partial charge in [0.05, 0.1) is 17.4 Å². The molecule has 2 atom stereocenters. The third kappa shape index (κ3) is 3.14. The number of aliphatic carboxylic acids is 1. The van der Waals surface area contributed by atoms with E-state index in [0.29, 0.717) is 0 Å². The van der Waals surface area contributed by atoms with Crippen molar-refractivity contribution in [3.63, 3.8) is 0 Å². The molecular formula is C10H12N2O7. The molecule has 0 amide bonds. The molecule has 1 rings (SSSR count). The first-order chi connectivity index (χ1) is 8.75. The number of pyridine rings is 1. The van der Waals surface area contributed by atoms with Gasteiger partial charge < -0.3 is 20.3 Å². The van der Waals surface area contributed by atoms with Gasteiger partial charge in [0.25, 0.3) is 0 Å². The maximum absolute atomic E-state index is 11.3. The molecule has 1 heterocycles. The van der Waals surface area contributed by atoms with Crippen LogP contribution >= 0.6 is 0 Å². The van der Waals surface area contributed by atoms with Gasteiger partial charge >= 0.3 is 17.2 Å². The zero-order valence-corrected chi connectivity index (χ0v) is 9.86. The van der Waals surface area contributed by atoms with Crippen molar-refractivity contribution in [2.45, 2.75) is 25.6 Å². The molecule has 1 aromatic heterocycles. The lowest BCUT2D eigenvalue weighted by Crippen LogP contribution is -2.24. The molecule has 0 fully saturated rings. The van der Waals surface area contributed by atoms with Crippen LogP contribution in [-0.2, 0) is 4.79 Å². The molecule has 0 spiro atoms. The molecule has 0 aliphatic carbocycles. The Labute approximate surface area is 106 Å². The minimum atomic E-state index is -1.65.